The predicted molar refractivity (Wildman–Crippen MR) is 80.4 cm³/mol. The molecule has 0 fully saturated rings. The Hall–Kier alpha value is -1.64. The second-order valence-electron chi connectivity index (χ2n) is 5.58. The molecule has 0 aromatic heterocycles. The van der Waals surface area contributed by atoms with E-state index in [0.717, 1.165) is 12.1 Å². The molecule has 19 heavy (non-hydrogen) atoms. The van der Waals surface area contributed by atoms with Gasteiger partial charge in [-0.2, -0.15) is 0 Å². The summed E-state index contributed by atoms with van der Waals surface area (Å²) in [5.41, 5.74) is 1.43. The van der Waals surface area contributed by atoms with Crippen molar-refractivity contribution in [1.82, 2.24) is 0 Å². The molecular formula is C16H25NO2. The van der Waals surface area contributed by atoms with E-state index in [0.29, 0.717) is 17.9 Å². The Labute approximate surface area is 116 Å². The first kappa shape index (κ1) is 15.4. The Balaban J connectivity index is 0.00000361. The van der Waals surface area contributed by atoms with E-state index >= 15 is 0 Å². The van der Waals surface area contributed by atoms with Crippen LogP contribution in [0.15, 0.2) is 24.3 Å². The lowest BCUT2D eigenvalue weighted by Gasteiger charge is -2.08. The standard InChI is InChI=1S/C16H23NO2.H2/c1-11(2)5-10-15(18)17-14-8-6-13(7-9-14)16(19)12(3)4;/h6-9,11-12H,5,10H2,1-4H3,(H,17,18);1H. The van der Waals surface area contributed by atoms with Gasteiger partial charge in [-0.25, -0.2) is 0 Å². The van der Waals surface area contributed by atoms with Gasteiger partial charge in [-0.15, -0.1) is 0 Å². The lowest BCUT2D eigenvalue weighted by atomic mass is 10.0. The SMILES string of the molecule is CC(C)CCC(=O)Nc1ccc(C(=O)C(C)C)cc1.[HH]. The number of carbonyl (C=O) groups is 2. The Morgan fingerprint density at radius 3 is 2.16 bits per heavy atom. The molecule has 1 aromatic rings. The Kier molecular flexibility index (Phi) is 5.74. The van der Waals surface area contributed by atoms with Crippen LogP contribution in [0.2, 0.25) is 0 Å². The molecule has 1 amide bonds. The number of Topliss-reactive ketones (excluding diaryl/α,β-unsaturated/α-hetero) is 1. The summed E-state index contributed by atoms with van der Waals surface area (Å²) < 4.78 is 0. The largest absolute Gasteiger partial charge is 0.326 e. The van der Waals surface area contributed by atoms with Crippen LogP contribution in [0.3, 0.4) is 0 Å². The maximum Gasteiger partial charge on any atom is 0.224 e. The molecule has 1 aromatic carbocycles. The maximum atomic E-state index is 11.8. The smallest absolute Gasteiger partial charge is 0.224 e. The van der Waals surface area contributed by atoms with Crippen LogP contribution in [0, 0.1) is 11.8 Å². The fourth-order valence-corrected chi connectivity index (χ4v) is 1.69. The van der Waals surface area contributed by atoms with Crippen LogP contribution in [0.1, 0.15) is 52.3 Å². The highest BCUT2D eigenvalue weighted by Gasteiger charge is 2.10. The van der Waals surface area contributed by atoms with E-state index < -0.39 is 0 Å². The molecule has 0 aliphatic carbocycles. The van der Waals surface area contributed by atoms with Gasteiger partial charge >= 0.3 is 0 Å². The molecule has 0 bridgehead atoms. The van der Waals surface area contributed by atoms with Crippen LogP contribution in [-0.4, -0.2) is 11.7 Å². The molecular weight excluding hydrogens is 238 g/mol. The molecule has 0 aliphatic rings. The number of amides is 1. The van der Waals surface area contributed by atoms with Crippen molar-refractivity contribution in [1.29, 1.82) is 0 Å². The molecule has 3 nitrogen and oxygen atoms in total. The van der Waals surface area contributed by atoms with Gasteiger partial charge in [0.25, 0.3) is 0 Å². The molecule has 0 unspecified atom stereocenters. The quantitative estimate of drug-likeness (QED) is 0.784. The van der Waals surface area contributed by atoms with E-state index in [9.17, 15) is 9.59 Å². The summed E-state index contributed by atoms with van der Waals surface area (Å²) in [5, 5.41) is 2.84. The van der Waals surface area contributed by atoms with Crippen molar-refractivity contribution >= 4 is 17.4 Å². The molecule has 0 spiro atoms. The fraction of sp³-hybridized carbons (Fsp3) is 0.500. The average molecular weight is 263 g/mol. The van der Waals surface area contributed by atoms with Gasteiger partial charge < -0.3 is 5.32 Å². The fourth-order valence-electron chi connectivity index (χ4n) is 1.69. The number of benzene rings is 1. The van der Waals surface area contributed by atoms with Crippen LogP contribution in [0.25, 0.3) is 0 Å². The lowest BCUT2D eigenvalue weighted by Crippen LogP contribution is -2.12. The van der Waals surface area contributed by atoms with Crippen molar-refractivity contribution in [2.45, 2.75) is 40.5 Å². The van der Waals surface area contributed by atoms with Gasteiger partial charge in [-0.3, -0.25) is 9.59 Å². The van der Waals surface area contributed by atoms with Crippen molar-refractivity contribution in [2.75, 3.05) is 5.32 Å². The molecule has 1 rings (SSSR count). The van der Waals surface area contributed by atoms with Gasteiger partial charge in [0, 0.05) is 25.0 Å². The summed E-state index contributed by atoms with van der Waals surface area (Å²) >= 11 is 0. The van der Waals surface area contributed by atoms with E-state index in [2.05, 4.69) is 19.2 Å². The molecule has 0 atom stereocenters. The monoisotopic (exact) mass is 263 g/mol. The van der Waals surface area contributed by atoms with Gasteiger partial charge in [0.05, 0.1) is 0 Å². The molecule has 0 heterocycles. The number of rotatable bonds is 6. The normalized spacial score (nSPS) is 10.8. The maximum absolute atomic E-state index is 11.8. The highest BCUT2D eigenvalue weighted by atomic mass is 16.1. The Morgan fingerprint density at radius 1 is 1.11 bits per heavy atom. The van der Waals surface area contributed by atoms with Crippen LogP contribution >= 0.6 is 0 Å². The number of hydrogen-bond donors (Lipinski definition) is 1. The Bertz CT molecular complexity index is 438. The van der Waals surface area contributed by atoms with E-state index in [-0.39, 0.29) is 19.0 Å². The zero-order valence-corrected chi connectivity index (χ0v) is 12.2. The topological polar surface area (TPSA) is 46.2 Å². The third kappa shape index (κ3) is 5.25. The summed E-state index contributed by atoms with van der Waals surface area (Å²) in [7, 11) is 0. The van der Waals surface area contributed by atoms with E-state index in [4.69, 9.17) is 0 Å². The van der Waals surface area contributed by atoms with Gasteiger partial charge in [0.1, 0.15) is 0 Å². The minimum absolute atomic E-state index is 0. The summed E-state index contributed by atoms with van der Waals surface area (Å²) in [6, 6.07) is 7.09. The third-order valence-electron chi connectivity index (χ3n) is 2.93. The molecule has 0 saturated heterocycles. The first-order valence-corrected chi connectivity index (χ1v) is 6.84. The van der Waals surface area contributed by atoms with Crippen molar-refractivity contribution in [3.63, 3.8) is 0 Å². The van der Waals surface area contributed by atoms with E-state index in [1.807, 2.05) is 13.8 Å². The van der Waals surface area contributed by atoms with Crippen molar-refractivity contribution in [2.24, 2.45) is 11.8 Å². The van der Waals surface area contributed by atoms with Crippen LogP contribution in [0.5, 0.6) is 0 Å². The minimum Gasteiger partial charge on any atom is -0.326 e. The first-order valence-electron chi connectivity index (χ1n) is 6.84. The molecule has 0 radical (unpaired) electrons. The zero-order chi connectivity index (χ0) is 14.4. The van der Waals surface area contributed by atoms with E-state index in [1.165, 1.54) is 0 Å². The van der Waals surface area contributed by atoms with Crippen LogP contribution in [-0.2, 0) is 4.79 Å². The number of ketones is 1. The van der Waals surface area contributed by atoms with Gasteiger partial charge in [0.2, 0.25) is 5.91 Å². The van der Waals surface area contributed by atoms with Crippen LogP contribution < -0.4 is 5.32 Å². The highest BCUT2D eigenvalue weighted by molar-refractivity contribution is 5.98. The van der Waals surface area contributed by atoms with Crippen LogP contribution in [0.4, 0.5) is 5.69 Å². The summed E-state index contributed by atoms with van der Waals surface area (Å²) in [6.45, 7) is 7.95. The highest BCUT2D eigenvalue weighted by Crippen LogP contribution is 2.14. The lowest BCUT2D eigenvalue weighted by molar-refractivity contribution is -0.116. The number of nitrogens with one attached hydrogen (secondary N) is 1. The second kappa shape index (κ2) is 7.07. The van der Waals surface area contributed by atoms with Gasteiger partial charge in [0.15, 0.2) is 5.78 Å². The molecule has 0 saturated carbocycles. The first-order chi connectivity index (χ1) is 8.90. The number of anilines is 1. The summed E-state index contributed by atoms with van der Waals surface area (Å²) in [5.74, 6) is 0.664. The third-order valence-corrected chi connectivity index (χ3v) is 2.93. The van der Waals surface area contributed by atoms with Gasteiger partial charge in [-0.1, -0.05) is 27.7 Å². The molecule has 1 N–H and O–H groups in total. The summed E-state index contributed by atoms with van der Waals surface area (Å²) in [4.78, 5) is 23.4. The average Bonchev–Trinajstić information content (AvgIpc) is 2.36. The minimum atomic E-state index is -0.00789. The molecule has 106 valence electrons. The van der Waals surface area contributed by atoms with Crippen molar-refractivity contribution in [3.05, 3.63) is 29.8 Å². The number of hydrogen-bond acceptors (Lipinski definition) is 2. The predicted octanol–water partition coefficient (Wildman–Crippen LogP) is 4.15. The molecule has 0 aliphatic heterocycles. The van der Waals surface area contributed by atoms with Gasteiger partial charge in [-0.05, 0) is 36.6 Å². The summed E-state index contributed by atoms with van der Waals surface area (Å²) in [6.07, 6.45) is 1.42. The number of carbonyl (C=O) groups excluding carboxylic acids is 2. The van der Waals surface area contributed by atoms with Crippen molar-refractivity contribution < 1.29 is 11.0 Å². The van der Waals surface area contributed by atoms with Crippen molar-refractivity contribution in [3.8, 4) is 0 Å². The van der Waals surface area contributed by atoms with E-state index in [1.54, 1.807) is 24.3 Å². The Morgan fingerprint density at radius 2 is 1.68 bits per heavy atom. The molecule has 3 heteroatoms. The second-order valence-corrected chi connectivity index (χ2v) is 5.58. The zero-order valence-electron chi connectivity index (χ0n) is 12.2.